The molecule has 8 aliphatic rings. The van der Waals surface area contributed by atoms with Gasteiger partial charge in [0.15, 0.2) is 0 Å². The molecule has 15 atom stereocenters. The fourth-order valence-electron chi connectivity index (χ4n) is 16.5. The molecule has 2 bridgehead atoms. The van der Waals surface area contributed by atoms with Gasteiger partial charge in [0.05, 0.1) is 17.8 Å². The second-order valence-corrected chi connectivity index (χ2v) is 23.9. The second kappa shape index (κ2) is 15.5. The largest absolute Gasteiger partial charge is 0.393 e. The normalized spacial score (nSPS) is 46.3. The Labute approximate surface area is 346 Å². The third-order valence-corrected chi connectivity index (χ3v) is 21.3. The number of nitrogens with zero attached hydrogens (tertiary/aromatic N) is 1. The molecule has 56 heavy (non-hydrogen) atoms. The van der Waals surface area contributed by atoms with Gasteiger partial charge in [0, 0.05) is 30.6 Å². The summed E-state index contributed by atoms with van der Waals surface area (Å²) in [4.78, 5) is 2.88. The van der Waals surface area contributed by atoms with Crippen molar-refractivity contribution < 1.29 is 15.3 Å². The van der Waals surface area contributed by atoms with Crippen molar-refractivity contribution in [1.29, 1.82) is 0 Å². The van der Waals surface area contributed by atoms with Crippen molar-refractivity contribution in [3.63, 3.8) is 0 Å². The van der Waals surface area contributed by atoms with E-state index in [1.54, 1.807) is 16.7 Å². The van der Waals surface area contributed by atoms with E-state index in [1.807, 2.05) is 0 Å². The van der Waals surface area contributed by atoms with Crippen LogP contribution in [0.1, 0.15) is 139 Å². The number of aliphatic hydroxyl groups is 3. The molecule has 7 fully saturated rings. The van der Waals surface area contributed by atoms with Gasteiger partial charge in [-0.15, -0.1) is 0 Å². The minimum absolute atomic E-state index is 0.140. The van der Waals surface area contributed by atoms with E-state index in [2.05, 4.69) is 94.9 Å². The van der Waals surface area contributed by atoms with Gasteiger partial charge < -0.3 is 15.3 Å². The monoisotopic (exact) mass is 797 g/mol. The molecule has 3 aliphatic heterocycles. The molecule has 5 saturated carbocycles. The van der Waals surface area contributed by atoms with Crippen molar-refractivity contribution in [3.8, 4) is 0 Å². The molecule has 2 saturated heterocycles. The topological polar surface area (TPSA) is 63.9 Å². The van der Waals surface area contributed by atoms with Crippen LogP contribution in [0.15, 0.2) is 54.6 Å². The van der Waals surface area contributed by atoms with E-state index in [-0.39, 0.29) is 35.0 Å². The highest BCUT2D eigenvalue weighted by molar-refractivity contribution is 8.76. The molecule has 0 spiro atoms. The van der Waals surface area contributed by atoms with Crippen LogP contribution in [-0.2, 0) is 11.2 Å². The molecule has 0 amide bonds. The first-order chi connectivity index (χ1) is 27.1. The van der Waals surface area contributed by atoms with E-state index in [0.717, 1.165) is 50.2 Å². The van der Waals surface area contributed by atoms with E-state index in [0.29, 0.717) is 53.3 Å². The van der Waals surface area contributed by atoms with Crippen LogP contribution in [0.5, 0.6) is 0 Å². The Morgan fingerprint density at radius 3 is 2.34 bits per heavy atom. The van der Waals surface area contributed by atoms with Crippen molar-refractivity contribution in [3.05, 3.63) is 71.3 Å². The fraction of sp³-hybridized carbons (Fsp3) is 0.760. The maximum absolute atomic E-state index is 13.0. The van der Waals surface area contributed by atoms with Crippen LogP contribution >= 0.6 is 21.6 Å². The third-order valence-electron chi connectivity index (χ3n) is 18.8. The predicted molar refractivity (Wildman–Crippen MR) is 232 cm³/mol. The van der Waals surface area contributed by atoms with Gasteiger partial charge in [-0.05, 0) is 177 Å². The zero-order chi connectivity index (χ0) is 38.2. The van der Waals surface area contributed by atoms with Gasteiger partial charge >= 0.3 is 0 Å². The van der Waals surface area contributed by atoms with E-state index >= 15 is 0 Å². The smallest absolute Gasteiger partial charge is 0.0808 e. The molecule has 306 valence electrons. The second-order valence-electron chi connectivity index (χ2n) is 21.4. The summed E-state index contributed by atoms with van der Waals surface area (Å²) in [5, 5.41) is 35.3. The number of hydrogen-bond acceptors (Lipinski definition) is 6. The summed E-state index contributed by atoms with van der Waals surface area (Å²) in [6, 6.07) is 21.4. The first-order valence-corrected chi connectivity index (χ1v) is 25.8. The first-order valence-electron chi connectivity index (χ1n) is 23.3. The fourth-order valence-corrected chi connectivity index (χ4v) is 19.0. The summed E-state index contributed by atoms with van der Waals surface area (Å²) in [6.07, 6.45) is 18.7. The van der Waals surface area contributed by atoms with E-state index in [1.165, 1.54) is 77.2 Å². The van der Waals surface area contributed by atoms with Gasteiger partial charge in [0.2, 0.25) is 0 Å². The van der Waals surface area contributed by atoms with Crippen molar-refractivity contribution in [2.75, 3.05) is 18.8 Å². The molecular formula is C50H71NO3S2. The van der Waals surface area contributed by atoms with Gasteiger partial charge in [-0.25, -0.2) is 0 Å². The number of aliphatic hydroxyl groups excluding tert-OH is 2. The lowest BCUT2D eigenvalue weighted by molar-refractivity contribution is -0.190. The average Bonchev–Trinajstić information content (AvgIpc) is 3.59. The summed E-state index contributed by atoms with van der Waals surface area (Å²) in [6.45, 7) is 7.09. The summed E-state index contributed by atoms with van der Waals surface area (Å²) >= 11 is 0. The SMILES string of the molecule is CC1(O)C2CCC3C(CC4C3CC(O)C3CC(O)CCC34C)C2CN2CC3CCC(CC4(c5ccccc5)CCCCC4)c4ccccc4CSSCC(C3)C21. The Kier molecular flexibility index (Phi) is 10.8. The molecular weight excluding hydrogens is 727 g/mol. The molecule has 3 heterocycles. The number of hydrogen-bond donors (Lipinski definition) is 3. The van der Waals surface area contributed by atoms with Crippen LogP contribution < -0.4 is 0 Å². The van der Waals surface area contributed by atoms with Crippen molar-refractivity contribution in [2.24, 2.45) is 58.7 Å². The van der Waals surface area contributed by atoms with Crippen molar-refractivity contribution in [2.45, 2.75) is 158 Å². The summed E-state index contributed by atoms with van der Waals surface area (Å²) in [5.41, 5.74) is 4.51. The Morgan fingerprint density at radius 1 is 0.696 bits per heavy atom. The van der Waals surface area contributed by atoms with Gasteiger partial charge in [0.1, 0.15) is 0 Å². The molecule has 5 aliphatic carbocycles. The molecule has 15 unspecified atom stereocenters. The molecule has 2 aromatic rings. The molecule has 2 aromatic carbocycles. The molecule has 6 heteroatoms. The van der Waals surface area contributed by atoms with Gasteiger partial charge in [-0.1, -0.05) is 102 Å². The maximum atomic E-state index is 13.0. The zero-order valence-corrected chi connectivity index (χ0v) is 36.1. The zero-order valence-electron chi connectivity index (χ0n) is 34.4. The number of benzene rings is 2. The Bertz CT molecular complexity index is 1680. The maximum Gasteiger partial charge on any atom is 0.0808 e. The quantitative estimate of drug-likeness (QED) is 0.269. The first kappa shape index (κ1) is 39.1. The summed E-state index contributed by atoms with van der Waals surface area (Å²) in [5.74, 6) is 7.76. The van der Waals surface area contributed by atoms with Gasteiger partial charge in [-0.3, -0.25) is 4.90 Å². The lowest BCUT2D eigenvalue weighted by Crippen LogP contribution is -2.70. The van der Waals surface area contributed by atoms with Crippen LogP contribution in [0, 0.1) is 58.7 Å². The van der Waals surface area contributed by atoms with Crippen molar-refractivity contribution in [1.82, 2.24) is 4.90 Å². The minimum atomic E-state index is -0.668. The highest BCUT2D eigenvalue weighted by Gasteiger charge is 2.65. The highest BCUT2D eigenvalue weighted by atomic mass is 33.1. The van der Waals surface area contributed by atoms with Crippen LogP contribution in [0.4, 0.5) is 0 Å². The average molecular weight is 798 g/mol. The number of piperidine rings is 2. The summed E-state index contributed by atoms with van der Waals surface area (Å²) < 4.78 is 0. The molecule has 3 N–H and O–H groups in total. The lowest BCUT2D eigenvalue weighted by Gasteiger charge is -2.62. The lowest BCUT2D eigenvalue weighted by atomic mass is 9.51. The van der Waals surface area contributed by atoms with E-state index < -0.39 is 5.60 Å². The van der Waals surface area contributed by atoms with E-state index in [4.69, 9.17) is 0 Å². The van der Waals surface area contributed by atoms with Crippen LogP contribution in [0.3, 0.4) is 0 Å². The Balaban J connectivity index is 0.925. The van der Waals surface area contributed by atoms with Crippen LogP contribution in [-0.4, -0.2) is 62.9 Å². The van der Waals surface area contributed by atoms with Crippen LogP contribution in [0.2, 0.25) is 0 Å². The number of fused-ring (bicyclic) bond motifs is 12. The van der Waals surface area contributed by atoms with Gasteiger partial charge in [-0.2, -0.15) is 0 Å². The molecule has 10 rings (SSSR count). The standard InChI is InChI=1S/C50H71NO3S2/c1-48-22-19-37(52)24-45(48)46(53)26-41-39-17-18-43-42(40(39)25-44(41)48)29-51-28-32-15-16-33(27-50(20-9-4-10-21-50)36-12-5-3-6-13-36)38-14-8-7-11-34(38)30-55-56-31-35(23-32)47(51)49(43,2)54/h3,5-8,11-14,32-33,35,37,39-47,52-54H,4,9-10,15-31H2,1-2H3. The van der Waals surface area contributed by atoms with Crippen LogP contribution in [0.25, 0.3) is 0 Å². The van der Waals surface area contributed by atoms with Crippen molar-refractivity contribution >= 4 is 21.6 Å². The Morgan fingerprint density at radius 2 is 1.50 bits per heavy atom. The minimum Gasteiger partial charge on any atom is -0.393 e. The summed E-state index contributed by atoms with van der Waals surface area (Å²) in [7, 11) is 4.17. The molecule has 4 nitrogen and oxygen atoms in total. The van der Waals surface area contributed by atoms with Gasteiger partial charge in [0.25, 0.3) is 0 Å². The number of rotatable bonds is 3. The van der Waals surface area contributed by atoms with E-state index in [9.17, 15) is 15.3 Å². The Hall–Kier alpha value is -1.02. The third kappa shape index (κ3) is 6.72. The molecule has 0 radical (unpaired) electrons. The predicted octanol–water partition coefficient (Wildman–Crippen LogP) is 10.6. The molecule has 0 aromatic heterocycles. The highest BCUT2D eigenvalue weighted by Crippen LogP contribution is 2.67.